The lowest BCUT2D eigenvalue weighted by molar-refractivity contribution is 0.287. The van der Waals surface area contributed by atoms with Crippen molar-refractivity contribution in [1.29, 1.82) is 0 Å². The molecule has 2 rings (SSSR count). The number of aliphatic imine (C=N–C) groups is 1. The Morgan fingerprint density at radius 3 is 2.13 bits per heavy atom. The standard InChI is InChI=1S/C24H36N4O2/c1-6-29-22-13-12-19(16-23(22)30-7-2)14-15-26-24(25-3)27-17-20-8-10-21(11-9-20)18-28(4)5/h8-13,16H,6-7,14-15,17-18H2,1-5H3,(H2,25,26,27). The number of guanidine groups is 1. The lowest BCUT2D eigenvalue weighted by atomic mass is 10.1. The van der Waals surface area contributed by atoms with Gasteiger partial charge in [0.25, 0.3) is 0 Å². The van der Waals surface area contributed by atoms with Gasteiger partial charge in [0.2, 0.25) is 0 Å². The maximum absolute atomic E-state index is 5.71. The van der Waals surface area contributed by atoms with Crippen LogP contribution in [0.4, 0.5) is 0 Å². The summed E-state index contributed by atoms with van der Waals surface area (Å²) in [4.78, 5) is 6.49. The summed E-state index contributed by atoms with van der Waals surface area (Å²) in [5.74, 6) is 2.39. The molecule has 2 aromatic carbocycles. The van der Waals surface area contributed by atoms with Crippen molar-refractivity contribution < 1.29 is 9.47 Å². The molecule has 0 heterocycles. The number of nitrogens with one attached hydrogen (secondary N) is 2. The van der Waals surface area contributed by atoms with Gasteiger partial charge < -0.3 is 25.0 Å². The van der Waals surface area contributed by atoms with Crippen molar-refractivity contribution in [2.45, 2.75) is 33.4 Å². The van der Waals surface area contributed by atoms with Crippen molar-refractivity contribution in [3.05, 3.63) is 59.2 Å². The number of rotatable bonds is 11. The van der Waals surface area contributed by atoms with E-state index in [1.54, 1.807) is 7.05 Å². The van der Waals surface area contributed by atoms with E-state index in [-0.39, 0.29) is 0 Å². The summed E-state index contributed by atoms with van der Waals surface area (Å²) in [6, 6.07) is 14.8. The van der Waals surface area contributed by atoms with Gasteiger partial charge in [0.05, 0.1) is 13.2 Å². The van der Waals surface area contributed by atoms with Crippen LogP contribution < -0.4 is 20.1 Å². The molecular weight excluding hydrogens is 376 g/mol. The normalized spacial score (nSPS) is 11.5. The molecule has 0 aliphatic rings. The molecule has 30 heavy (non-hydrogen) atoms. The predicted molar refractivity (Wildman–Crippen MR) is 125 cm³/mol. The minimum absolute atomic E-state index is 0.620. The second-order valence-corrected chi connectivity index (χ2v) is 7.30. The van der Waals surface area contributed by atoms with Crippen molar-refractivity contribution in [1.82, 2.24) is 15.5 Å². The van der Waals surface area contributed by atoms with E-state index in [1.807, 2.05) is 19.9 Å². The molecule has 0 radical (unpaired) electrons. The molecule has 0 aliphatic carbocycles. The van der Waals surface area contributed by atoms with Gasteiger partial charge in [0, 0.05) is 26.7 Å². The van der Waals surface area contributed by atoms with Crippen LogP contribution in [0.3, 0.4) is 0 Å². The van der Waals surface area contributed by atoms with Crippen molar-refractivity contribution in [2.24, 2.45) is 4.99 Å². The van der Waals surface area contributed by atoms with Gasteiger partial charge in [-0.2, -0.15) is 0 Å². The van der Waals surface area contributed by atoms with Crippen molar-refractivity contribution in [2.75, 3.05) is 40.9 Å². The largest absolute Gasteiger partial charge is 0.490 e. The number of hydrogen-bond acceptors (Lipinski definition) is 4. The highest BCUT2D eigenvalue weighted by atomic mass is 16.5. The second-order valence-electron chi connectivity index (χ2n) is 7.30. The zero-order chi connectivity index (χ0) is 21.8. The predicted octanol–water partition coefficient (Wildman–Crippen LogP) is 3.45. The molecule has 0 saturated heterocycles. The molecule has 0 aliphatic heterocycles. The van der Waals surface area contributed by atoms with Gasteiger partial charge >= 0.3 is 0 Å². The number of hydrogen-bond donors (Lipinski definition) is 2. The van der Waals surface area contributed by atoms with E-state index in [4.69, 9.17) is 9.47 Å². The van der Waals surface area contributed by atoms with Crippen LogP contribution in [0.2, 0.25) is 0 Å². The molecule has 0 unspecified atom stereocenters. The van der Waals surface area contributed by atoms with Crippen molar-refractivity contribution in [3.8, 4) is 11.5 Å². The summed E-state index contributed by atoms with van der Waals surface area (Å²) < 4.78 is 11.3. The maximum atomic E-state index is 5.71. The van der Waals surface area contributed by atoms with Crippen LogP contribution in [-0.4, -0.2) is 51.8 Å². The fraction of sp³-hybridized carbons (Fsp3) is 0.458. The van der Waals surface area contributed by atoms with Gasteiger partial charge in [-0.25, -0.2) is 0 Å². The summed E-state index contributed by atoms with van der Waals surface area (Å²) in [6.07, 6.45) is 0.867. The average Bonchev–Trinajstić information content (AvgIpc) is 2.73. The first-order chi connectivity index (χ1) is 14.5. The molecule has 0 amide bonds. The summed E-state index contributed by atoms with van der Waals surface area (Å²) >= 11 is 0. The highest BCUT2D eigenvalue weighted by Gasteiger charge is 2.06. The first-order valence-corrected chi connectivity index (χ1v) is 10.6. The van der Waals surface area contributed by atoms with E-state index in [2.05, 4.69) is 71.0 Å². The van der Waals surface area contributed by atoms with Crippen LogP contribution in [0.25, 0.3) is 0 Å². The lowest BCUT2D eigenvalue weighted by Gasteiger charge is -2.14. The van der Waals surface area contributed by atoms with E-state index in [0.717, 1.165) is 43.5 Å². The smallest absolute Gasteiger partial charge is 0.191 e. The monoisotopic (exact) mass is 412 g/mol. The molecule has 0 saturated carbocycles. The van der Waals surface area contributed by atoms with Gasteiger partial charge in [-0.1, -0.05) is 30.3 Å². The van der Waals surface area contributed by atoms with E-state index >= 15 is 0 Å². The Morgan fingerprint density at radius 1 is 0.867 bits per heavy atom. The van der Waals surface area contributed by atoms with Gasteiger partial charge in [-0.3, -0.25) is 4.99 Å². The molecule has 6 nitrogen and oxygen atoms in total. The molecule has 0 fully saturated rings. The zero-order valence-electron chi connectivity index (χ0n) is 19.0. The lowest BCUT2D eigenvalue weighted by Crippen LogP contribution is -2.37. The van der Waals surface area contributed by atoms with Crippen LogP contribution in [-0.2, 0) is 19.5 Å². The zero-order valence-corrected chi connectivity index (χ0v) is 19.0. The van der Waals surface area contributed by atoms with Gasteiger partial charge in [-0.05, 0) is 63.2 Å². The average molecular weight is 413 g/mol. The fourth-order valence-corrected chi connectivity index (χ4v) is 3.11. The van der Waals surface area contributed by atoms with Crippen LogP contribution in [0.1, 0.15) is 30.5 Å². The molecular formula is C24H36N4O2. The minimum Gasteiger partial charge on any atom is -0.490 e. The summed E-state index contributed by atoms with van der Waals surface area (Å²) in [7, 11) is 5.95. The first-order valence-electron chi connectivity index (χ1n) is 10.6. The molecule has 164 valence electrons. The first kappa shape index (κ1) is 23.5. The van der Waals surface area contributed by atoms with Gasteiger partial charge in [0.15, 0.2) is 17.5 Å². The van der Waals surface area contributed by atoms with Crippen LogP contribution in [0.15, 0.2) is 47.5 Å². The Labute approximate surface area is 181 Å². The molecule has 0 spiro atoms. The molecule has 6 heteroatoms. The maximum Gasteiger partial charge on any atom is 0.191 e. The highest BCUT2D eigenvalue weighted by Crippen LogP contribution is 2.28. The highest BCUT2D eigenvalue weighted by molar-refractivity contribution is 5.79. The SMILES string of the molecule is CCOc1ccc(CCNC(=NC)NCc2ccc(CN(C)C)cc2)cc1OCC. The Kier molecular flexibility index (Phi) is 10.0. The second kappa shape index (κ2) is 12.8. The van der Waals surface area contributed by atoms with E-state index in [9.17, 15) is 0 Å². The third-order valence-electron chi connectivity index (χ3n) is 4.52. The molecule has 0 bridgehead atoms. The van der Waals surface area contributed by atoms with Gasteiger partial charge in [-0.15, -0.1) is 0 Å². The number of ether oxygens (including phenoxy) is 2. The quantitative estimate of drug-likeness (QED) is 0.437. The van der Waals surface area contributed by atoms with Crippen molar-refractivity contribution in [3.63, 3.8) is 0 Å². The topological polar surface area (TPSA) is 58.1 Å². The molecule has 2 N–H and O–H groups in total. The number of nitrogens with zero attached hydrogens (tertiary/aromatic N) is 2. The third kappa shape index (κ3) is 7.95. The Bertz CT molecular complexity index is 788. The van der Waals surface area contributed by atoms with E-state index in [1.165, 1.54) is 16.7 Å². The van der Waals surface area contributed by atoms with Gasteiger partial charge in [0.1, 0.15) is 0 Å². The minimum atomic E-state index is 0.620. The Morgan fingerprint density at radius 2 is 1.50 bits per heavy atom. The van der Waals surface area contributed by atoms with E-state index in [0.29, 0.717) is 13.2 Å². The summed E-state index contributed by atoms with van der Waals surface area (Å²) in [5, 5.41) is 6.75. The molecule has 2 aromatic rings. The van der Waals surface area contributed by atoms with Crippen LogP contribution >= 0.6 is 0 Å². The van der Waals surface area contributed by atoms with Crippen LogP contribution in [0.5, 0.6) is 11.5 Å². The van der Waals surface area contributed by atoms with Crippen LogP contribution in [0, 0.1) is 0 Å². The Balaban J connectivity index is 1.82. The van der Waals surface area contributed by atoms with Crippen molar-refractivity contribution >= 4 is 5.96 Å². The fourth-order valence-electron chi connectivity index (χ4n) is 3.11. The summed E-state index contributed by atoms with van der Waals surface area (Å²) in [6.45, 7) is 7.67. The molecule has 0 atom stereocenters. The van der Waals surface area contributed by atoms with E-state index < -0.39 is 0 Å². The third-order valence-corrected chi connectivity index (χ3v) is 4.52. The summed E-state index contributed by atoms with van der Waals surface area (Å²) in [5.41, 5.74) is 3.74. The molecule has 0 aromatic heterocycles. The number of benzene rings is 2. The Hall–Kier alpha value is -2.73.